The summed E-state index contributed by atoms with van der Waals surface area (Å²) >= 11 is 5.30. The molecule has 3 N–H and O–H groups in total. The quantitative estimate of drug-likeness (QED) is 0.826. The molecule has 1 unspecified atom stereocenters. The molecule has 4 nitrogen and oxygen atoms in total. The SMILES string of the molecule is NC(=O)c1c[nH]c(=S)n1C1CCCc2ccccc21. The van der Waals surface area contributed by atoms with Gasteiger partial charge in [-0.15, -0.1) is 0 Å². The molecule has 5 heteroatoms. The molecule has 2 aromatic rings. The Morgan fingerprint density at radius 3 is 3.00 bits per heavy atom. The highest BCUT2D eigenvalue weighted by Crippen LogP contribution is 2.33. The lowest BCUT2D eigenvalue weighted by atomic mass is 9.87. The van der Waals surface area contributed by atoms with Crippen molar-refractivity contribution >= 4 is 18.1 Å². The van der Waals surface area contributed by atoms with Crippen LogP contribution in [-0.2, 0) is 6.42 Å². The molecule has 1 aromatic carbocycles. The Labute approximate surface area is 116 Å². The number of primary amides is 1. The first kappa shape index (κ1) is 12.2. The van der Waals surface area contributed by atoms with Gasteiger partial charge in [0.1, 0.15) is 5.69 Å². The molecule has 1 aliphatic carbocycles. The number of benzene rings is 1. The second-order valence-electron chi connectivity index (χ2n) is 4.82. The standard InChI is InChI=1S/C14H15N3OS/c15-13(18)12-8-16-14(19)17(12)11-7-3-5-9-4-1-2-6-10(9)11/h1-2,4,6,8,11H,3,5,7H2,(H2,15,18)(H,16,19). The Morgan fingerprint density at radius 2 is 2.21 bits per heavy atom. The lowest BCUT2D eigenvalue weighted by Gasteiger charge is -2.27. The van der Waals surface area contributed by atoms with Gasteiger partial charge in [0.25, 0.3) is 5.91 Å². The first-order valence-electron chi connectivity index (χ1n) is 6.36. The molecule has 0 radical (unpaired) electrons. The van der Waals surface area contributed by atoms with Crippen LogP contribution in [-0.4, -0.2) is 15.5 Å². The van der Waals surface area contributed by atoms with Gasteiger partial charge in [-0.05, 0) is 42.6 Å². The summed E-state index contributed by atoms with van der Waals surface area (Å²) in [5.41, 5.74) is 8.45. The number of fused-ring (bicyclic) bond motifs is 1. The van der Waals surface area contributed by atoms with E-state index < -0.39 is 5.91 Å². The number of nitrogens with two attached hydrogens (primary N) is 1. The zero-order valence-corrected chi connectivity index (χ0v) is 11.2. The van der Waals surface area contributed by atoms with Gasteiger partial charge < -0.3 is 15.3 Å². The molecule has 0 bridgehead atoms. The zero-order valence-electron chi connectivity index (χ0n) is 10.4. The van der Waals surface area contributed by atoms with Crippen LogP contribution in [0.2, 0.25) is 0 Å². The fourth-order valence-electron chi connectivity index (χ4n) is 2.87. The van der Waals surface area contributed by atoms with Crippen molar-refractivity contribution in [2.75, 3.05) is 0 Å². The van der Waals surface area contributed by atoms with Crippen LogP contribution in [0.15, 0.2) is 30.5 Å². The van der Waals surface area contributed by atoms with Gasteiger partial charge in [-0.1, -0.05) is 24.3 Å². The third kappa shape index (κ3) is 2.00. The lowest BCUT2D eigenvalue weighted by Crippen LogP contribution is -2.23. The molecule has 0 saturated carbocycles. The van der Waals surface area contributed by atoms with E-state index in [9.17, 15) is 4.79 Å². The molecule has 0 fully saturated rings. The topological polar surface area (TPSA) is 63.8 Å². The maximum absolute atomic E-state index is 11.5. The number of H-pyrrole nitrogens is 1. The number of hydrogen-bond acceptors (Lipinski definition) is 2. The van der Waals surface area contributed by atoms with Gasteiger partial charge in [0.2, 0.25) is 0 Å². The summed E-state index contributed by atoms with van der Waals surface area (Å²) in [6.45, 7) is 0. The van der Waals surface area contributed by atoms with E-state index in [0.717, 1.165) is 19.3 Å². The van der Waals surface area contributed by atoms with Crippen molar-refractivity contribution in [3.05, 3.63) is 52.1 Å². The van der Waals surface area contributed by atoms with Gasteiger partial charge in [-0.3, -0.25) is 4.79 Å². The Hall–Kier alpha value is -1.88. The number of carbonyl (C=O) groups excluding carboxylic acids is 1. The summed E-state index contributed by atoms with van der Waals surface area (Å²) in [5, 5.41) is 0. The van der Waals surface area contributed by atoms with E-state index >= 15 is 0 Å². The van der Waals surface area contributed by atoms with Crippen molar-refractivity contribution in [1.29, 1.82) is 0 Å². The van der Waals surface area contributed by atoms with E-state index in [1.54, 1.807) is 6.20 Å². The van der Waals surface area contributed by atoms with Crippen LogP contribution in [0.1, 0.15) is 40.5 Å². The normalized spacial score (nSPS) is 18.0. The fourth-order valence-corrected chi connectivity index (χ4v) is 3.16. The largest absolute Gasteiger partial charge is 0.364 e. The van der Waals surface area contributed by atoms with Crippen molar-refractivity contribution < 1.29 is 4.79 Å². The summed E-state index contributed by atoms with van der Waals surface area (Å²) in [7, 11) is 0. The lowest BCUT2D eigenvalue weighted by molar-refractivity contribution is 0.0989. The molecule has 19 heavy (non-hydrogen) atoms. The Bertz CT molecular complexity index is 686. The van der Waals surface area contributed by atoms with E-state index in [-0.39, 0.29) is 6.04 Å². The average Bonchev–Trinajstić information content (AvgIpc) is 2.80. The summed E-state index contributed by atoms with van der Waals surface area (Å²) in [4.78, 5) is 14.4. The van der Waals surface area contributed by atoms with Crippen LogP contribution in [0.5, 0.6) is 0 Å². The molecule has 0 aliphatic heterocycles. The minimum atomic E-state index is -0.449. The van der Waals surface area contributed by atoms with Gasteiger partial charge in [-0.25, -0.2) is 0 Å². The van der Waals surface area contributed by atoms with E-state index in [2.05, 4.69) is 17.1 Å². The molecule has 0 spiro atoms. The second-order valence-corrected chi connectivity index (χ2v) is 5.21. The summed E-state index contributed by atoms with van der Waals surface area (Å²) in [5.74, 6) is -0.449. The Morgan fingerprint density at radius 1 is 1.42 bits per heavy atom. The maximum atomic E-state index is 11.5. The number of aromatic amines is 1. The number of amides is 1. The summed E-state index contributed by atoms with van der Waals surface area (Å²) < 4.78 is 2.41. The number of imidazole rings is 1. The first-order chi connectivity index (χ1) is 9.18. The molecular weight excluding hydrogens is 258 g/mol. The maximum Gasteiger partial charge on any atom is 0.266 e. The van der Waals surface area contributed by atoms with Gasteiger partial charge in [0, 0.05) is 6.20 Å². The third-order valence-electron chi connectivity index (χ3n) is 3.71. The van der Waals surface area contributed by atoms with Crippen LogP contribution >= 0.6 is 12.2 Å². The average molecular weight is 273 g/mol. The predicted octanol–water partition coefficient (Wildman–Crippen LogP) is 2.57. The third-order valence-corrected chi connectivity index (χ3v) is 4.03. The minimum Gasteiger partial charge on any atom is -0.364 e. The van der Waals surface area contributed by atoms with Crippen LogP contribution in [0.25, 0.3) is 0 Å². The zero-order chi connectivity index (χ0) is 13.4. The number of aromatic nitrogens is 2. The van der Waals surface area contributed by atoms with Crippen LogP contribution < -0.4 is 5.73 Å². The molecule has 1 aromatic heterocycles. The van der Waals surface area contributed by atoms with E-state index in [4.69, 9.17) is 18.0 Å². The van der Waals surface area contributed by atoms with Crippen molar-refractivity contribution in [2.24, 2.45) is 5.73 Å². The number of rotatable bonds is 2. The summed E-state index contributed by atoms with van der Waals surface area (Å²) in [6, 6.07) is 8.43. The number of hydrogen-bond donors (Lipinski definition) is 2. The minimum absolute atomic E-state index is 0.103. The monoisotopic (exact) mass is 273 g/mol. The van der Waals surface area contributed by atoms with Crippen molar-refractivity contribution in [2.45, 2.75) is 25.3 Å². The molecule has 1 aliphatic rings. The van der Waals surface area contributed by atoms with Gasteiger partial charge in [-0.2, -0.15) is 0 Å². The smallest absolute Gasteiger partial charge is 0.266 e. The highest BCUT2D eigenvalue weighted by atomic mass is 32.1. The number of carbonyl (C=O) groups is 1. The number of aryl methyl sites for hydroxylation is 1. The number of nitrogens with zero attached hydrogens (tertiary/aromatic N) is 1. The van der Waals surface area contributed by atoms with Crippen LogP contribution in [0.3, 0.4) is 0 Å². The summed E-state index contributed by atoms with van der Waals surface area (Å²) in [6.07, 6.45) is 4.74. The first-order valence-corrected chi connectivity index (χ1v) is 6.77. The Balaban J connectivity index is 2.17. The molecule has 0 saturated heterocycles. The van der Waals surface area contributed by atoms with Gasteiger partial charge in [0.15, 0.2) is 4.77 Å². The fraction of sp³-hybridized carbons (Fsp3) is 0.286. The highest BCUT2D eigenvalue weighted by molar-refractivity contribution is 7.71. The van der Waals surface area contributed by atoms with Crippen molar-refractivity contribution in [3.63, 3.8) is 0 Å². The Kier molecular flexibility index (Phi) is 2.98. The van der Waals surface area contributed by atoms with Crippen LogP contribution in [0, 0.1) is 4.77 Å². The van der Waals surface area contributed by atoms with E-state index in [1.165, 1.54) is 11.1 Å². The number of nitrogens with one attached hydrogen (secondary N) is 1. The molecular formula is C14H15N3OS. The highest BCUT2D eigenvalue weighted by Gasteiger charge is 2.25. The van der Waals surface area contributed by atoms with Crippen molar-refractivity contribution in [3.8, 4) is 0 Å². The van der Waals surface area contributed by atoms with Gasteiger partial charge in [0.05, 0.1) is 6.04 Å². The van der Waals surface area contributed by atoms with E-state index in [1.807, 2.05) is 16.7 Å². The van der Waals surface area contributed by atoms with Crippen molar-refractivity contribution in [1.82, 2.24) is 9.55 Å². The van der Waals surface area contributed by atoms with Gasteiger partial charge >= 0.3 is 0 Å². The van der Waals surface area contributed by atoms with Crippen LogP contribution in [0.4, 0.5) is 0 Å². The molecule has 1 atom stereocenters. The second kappa shape index (κ2) is 4.66. The molecule has 98 valence electrons. The molecule has 1 heterocycles. The van der Waals surface area contributed by atoms with E-state index in [0.29, 0.717) is 10.5 Å². The molecule has 1 amide bonds. The predicted molar refractivity (Wildman–Crippen MR) is 75.7 cm³/mol. The molecule has 3 rings (SSSR count).